The average molecular weight is 491 g/mol. The number of benzene rings is 1. The van der Waals surface area contributed by atoms with Crippen LogP contribution in [0.1, 0.15) is 24.8 Å². The summed E-state index contributed by atoms with van der Waals surface area (Å²) in [6.07, 6.45) is 2.87. The topological polar surface area (TPSA) is 105 Å². The number of hydrogen-bond acceptors (Lipinski definition) is 4. The number of halogens is 3. The summed E-state index contributed by atoms with van der Waals surface area (Å²) in [6, 6.07) is 5.26. The number of urea groups is 1. The van der Waals surface area contributed by atoms with Crippen molar-refractivity contribution in [2.75, 3.05) is 32.8 Å². The second-order valence-corrected chi connectivity index (χ2v) is 11.3. The van der Waals surface area contributed by atoms with E-state index in [1.54, 1.807) is 17.0 Å². The highest BCUT2D eigenvalue weighted by molar-refractivity contribution is 8.01. The van der Waals surface area contributed by atoms with Crippen LogP contribution < -0.4 is 10.5 Å². The number of carbonyl (C=O) groups is 2. The van der Waals surface area contributed by atoms with E-state index in [1.165, 1.54) is 12.1 Å². The monoisotopic (exact) mass is 490 g/mol. The number of rotatable bonds is 3. The zero-order chi connectivity index (χ0) is 23.8. The molecule has 0 radical (unpaired) electrons. The first-order chi connectivity index (χ1) is 15.5. The molecular formula is C21H29F3N4O4S. The fourth-order valence-corrected chi connectivity index (χ4v) is 5.62. The Hall–Kier alpha value is -2.18. The third-order valence-corrected chi connectivity index (χ3v) is 8.52. The Kier molecular flexibility index (Phi) is 6.70. The van der Waals surface area contributed by atoms with Gasteiger partial charge in [-0.05, 0) is 49.3 Å². The van der Waals surface area contributed by atoms with E-state index in [0.717, 1.165) is 18.4 Å². The molecule has 3 fully saturated rings. The highest BCUT2D eigenvalue weighted by atomic mass is 32.3. The molecule has 2 atom stereocenters. The molecule has 3 aliphatic heterocycles. The lowest BCUT2D eigenvalue weighted by molar-refractivity contribution is -0.139. The number of morpholine rings is 1. The van der Waals surface area contributed by atoms with Gasteiger partial charge in [-0.1, -0.05) is 12.1 Å². The highest BCUT2D eigenvalue weighted by Gasteiger charge is 2.43. The Morgan fingerprint density at radius 3 is 2.39 bits per heavy atom. The first-order valence-electron chi connectivity index (χ1n) is 11.0. The fraction of sp³-hybridized carbons (Fsp3) is 0.619. The molecule has 0 aromatic heterocycles. The molecule has 1 aromatic carbocycles. The number of amides is 3. The maximum atomic E-state index is 13.0. The predicted octanol–water partition coefficient (Wildman–Crippen LogP) is 1.42. The number of nitrogens with two attached hydrogens (primary N) is 1. The number of nitrogens with one attached hydrogen (secondary N) is 1. The molecular weight excluding hydrogens is 461 g/mol. The van der Waals surface area contributed by atoms with Gasteiger partial charge in [0.1, 0.15) is 6.61 Å². The second kappa shape index (κ2) is 9.22. The lowest BCUT2D eigenvalue weighted by Gasteiger charge is -2.43. The third-order valence-electron chi connectivity index (χ3n) is 6.70. The van der Waals surface area contributed by atoms with E-state index >= 15 is 0 Å². The van der Waals surface area contributed by atoms with E-state index in [1.807, 2.05) is 4.90 Å². The van der Waals surface area contributed by atoms with Crippen molar-refractivity contribution in [3.63, 3.8) is 0 Å². The second-order valence-electron chi connectivity index (χ2n) is 8.97. The summed E-state index contributed by atoms with van der Waals surface area (Å²) < 4.78 is 56.0. The molecule has 0 aliphatic carbocycles. The van der Waals surface area contributed by atoms with Crippen molar-refractivity contribution >= 4 is 22.1 Å². The molecule has 3 amide bonds. The van der Waals surface area contributed by atoms with Gasteiger partial charge in [0, 0.05) is 31.1 Å². The van der Waals surface area contributed by atoms with E-state index in [0.29, 0.717) is 44.9 Å². The maximum Gasteiger partial charge on any atom is 0.464 e. The highest BCUT2D eigenvalue weighted by Crippen LogP contribution is 2.33. The molecule has 33 heavy (non-hydrogen) atoms. The van der Waals surface area contributed by atoms with E-state index in [2.05, 4.69) is 5.32 Å². The number of carbonyl (C=O) groups excluding carboxylic acids is 2. The van der Waals surface area contributed by atoms with Crippen LogP contribution in [-0.2, 0) is 26.1 Å². The Morgan fingerprint density at radius 2 is 1.76 bits per heavy atom. The summed E-state index contributed by atoms with van der Waals surface area (Å²) in [7, 11) is -4.92. The summed E-state index contributed by atoms with van der Waals surface area (Å²) in [5.74, 6) is 0.135. The third kappa shape index (κ3) is 5.17. The molecule has 184 valence electrons. The maximum absolute atomic E-state index is 13.0. The summed E-state index contributed by atoms with van der Waals surface area (Å²) in [5, 5.41) is 7.96. The smallest absolute Gasteiger partial charge is 0.366 e. The van der Waals surface area contributed by atoms with Crippen molar-refractivity contribution in [3.05, 3.63) is 29.8 Å². The van der Waals surface area contributed by atoms with Crippen molar-refractivity contribution in [3.8, 4) is 0 Å². The normalized spacial score (nSPS) is 25.4. The molecule has 3 aliphatic rings. The number of piperidine rings is 2. The molecule has 0 bridgehead atoms. The zero-order valence-corrected chi connectivity index (χ0v) is 19.0. The van der Waals surface area contributed by atoms with E-state index in [9.17, 15) is 27.0 Å². The van der Waals surface area contributed by atoms with Gasteiger partial charge in [-0.25, -0.2) is 4.79 Å². The first kappa shape index (κ1) is 24.0. The van der Waals surface area contributed by atoms with E-state index in [4.69, 9.17) is 9.88 Å². The van der Waals surface area contributed by atoms with Crippen LogP contribution in [0.3, 0.4) is 0 Å². The van der Waals surface area contributed by atoms with Crippen molar-refractivity contribution < 1.29 is 31.7 Å². The van der Waals surface area contributed by atoms with Gasteiger partial charge in [-0.15, -0.1) is 0 Å². The number of fused-ring (bicyclic) bond motifs is 1. The Bertz CT molecular complexity index is 934. The number of thiol groups is 1. The van der Waals surface area contributed by atoms with Crippen LogP contribution in [0, 0.1) is 5.92 Å². The molecule has 3 N–H and O–H groups in total. The Balaban J connectivity index is 1.27. The largest absolute Gasteiger partial charge is 0.464 e. The van der Waals surface area contributed by atoms with Crippen LogP contribution in [-0.4, -0.2) is 76.4 Å². The predicted molar refractivity (Wildman–Crippen MR) is 116 cm³/mol. The summed E-state index contributed by atoms with van der Waals surface area (Å²) >= 11 is 0. The van der Waals surface area contributed by atoms with Crippen LogP contribution in [0.5, 0.6) is 0 Å². The molecule has 4 rings (SSSR count). The number of nitrogens with zero attached hydrogens (tertiary/aromatic N) is 2. The minimum absolute atomic E-state index is 0.0399. The standard InChI is InChI=1S/C21H29F3N4O4S/c22-21(23,24)33(25,31)16-3-1-14(2-4-16)11-15-5-8-27(9-6-15)20(30)28-10-7-18-17(12-28)26-19(29)13-32-18/h1-4,15,17-18,33H,5-13H2,(H2,25,31)(H,26,29)/t17-,18+/m1/s1. The van der Waals surface area contributed by atoms with Gasteiger partial charge >= 0.3 is 11.5 Å². The van der Waals surface area contributed by atoms with Gasteiger partial charge in [-0.3, -0.25) is 14.1 Å². The molecule has 3 heterocycles. The quantitative estimate of drug-likeness (QED) is 0.558. The lowest BCUT2D eigenvalue weighted by atomic mass is 9.90. The van der Waals surface area contributed by atoms with Crippen LogP contribution in [0.25, 0.3) is 0 Å². The zero-order valence-electron chi connectivity index (χ0n) is 18.1. The summed E-state index contributed by atoms with van der Waals surface area (Å²) in [5.41, 5.74) is -4.11. The Morgan fingerprint density at radius 1 is 1.12 bits per heavy atom. The van der Waals surface area contributed by atoms with E-state index < -0.39 is 20.5 Å². The fourth-order valence-electron chi connectivity index (χ4n) is 4.74. The lowest BCUT2D eigenvalue weighted by Crippen LogP contribution is -2.62. The van der Waals surface area contributed by atoms with Crippen molar-refractivity contribution in [1.82, 2.24) is 15.1 Å². The Labute approximate surface area is 191 Å². The van der Waals surface area contributed by atoms with Crippen molar-refractivity contribution in [2.45, 2.75) is 48.2 Å². The van der Waals surface area contributed by atoms with Crippen LogP contribution in [0.2, 0.25) is 0 Å². The molecule has 0 saturated carbocycles. The number of ether oxygens (including phenoxy) is 1. The molecule has 8 nitrogen and oxygen atoms in total. The van der Waals surface area contributed by atoms with Gasteiger partial charge in [0.05, 0.1) is 22.3 Å². The van der Waals surface area contributed by atoms with E-state index in [-0.39, 0.29) is 30.7 Å². The van der Waals surface area contributed by atoms with Crippen LogP contribution >= 0.6 is 0 Å². The average Bonchev–Trinajstić information content (AvgIpc) is 2.78. The number of alkyl halides is 3. The van der Waals surface area contributed by atoms with Gasteiger partial charge in [0.15, 0.2) is 0 Å². The molecule has 0 unspecified atom stereocenters. The molecule has 3 saturated heterocycles. The first-order valence-corrected chi connectivity index (χ1v) is 12.8. The van der Waals surface area contributed by atoms with Crippen LogP contribution in [0.15, 0.2) is 29.2 Å². The van der Waals surface area contributed by atoms with Gasteiger partial charge in [-0.2, -0.15) is 13.2 Å². The van der Waals surface area contributed by atoms with Gasteiger partial charge < -0.3 is 19.9 Å². The number of likely N-dealkylation sites (tertiary alicyclic amines) is 2. The SMILES string of the molecule is N[SH](=O)(c1ccc(CC2CCN(C(=O)N3CC[C@@H]4OCC(=O)N[C@@H]4C3)CC2)cc1)C(F)(F)F. The van der Waals surface area contributed by atoms with Gasteiger partial charge in [0.25, 0.3) is 0 Å². The molecule has 1 aromatic rings. The van der Waals surface area contributed by atoms with Crippen molar-refractivity contribution in [1.29, 1.82) is 0 Å². The molecule has 0 spiro atoms. The summed E-state index contributed by atoms with van der Waals surface area (Å²) in [6.45, 7) is 2.29. The minimum Gasteiger partial charge on any atom is -0.366 e. The van der Waals surface area contributed by atoms with Crippen molar-refractivity contribution in [2.24, 2.45) is 11.1 Å². The number of hydrogen-bond donors (Lipinski definition) is 3. The minimum atomic E-state index is -4.96. The van der Waals surface area contributed by atoms with Gasteiger partial charge in [0.2, 0.25) is 5.91 Å². The van der Waals surface area contributed by atoms with Crippen LogP contribution in [0.4, 0.5) is 18.0 Å². The summed E-state index contributed by atoms with van der Waals surface area (Å²) in [4.78, 5) is 27.7. The molecule has 12 heteroatoms.